The zero-order chi connectivity index (χ0) is 19.8. The van der Waals surface area contributed by atoms with Crippen LogP contribution < -0.4 is 5.32 Å². The molecule has 0 aliphatic carbocycles. The van der Waals surface area contributed by atoms with E-state index in [1.807, 2.05) is 0 Å². The molecule has 0 bridgehead atoms. The SMILES string of the molecule is C=CC(C)(N1CC(NC2CN(C(=O)c3ccccc3)CC2F)C1)C(F)(F)F. The number of rotatable bonds is 5. The van der Waals surface area contributed by atoms with Gasteiger partial charge in [-0.1, -0.05) is 24.3 Å². The van der Waals surface area contributed by atoms with Gasteiger partial charge >= 0.3 is 6.18 Å². The summed E-state index contributed by atoms with van der Waals surface area (Å²) >= 11 is 0. The molecule has 2 aliphatic rings. The third-order valence-electron chi connectivity index (χ3n) is 5.52. The van der Waals surface area contributed by atoms with Crippen molar-refractivity contribution in [2.75, 3.05) is 26.2 Å². The summed E-state index contributed by atoms with van der Waals surface area (Å²) in [5, 5.41) is 3.07. The van der Waals surface area contributed by atoms with Gasteiger partial charge in [0.1, 0.15) is 11.7 Å². The van der Waals surface area contributed by atoms with E-state index in [1.54, 1.807) is 30.3 Å². The fourth-order valence-corrected chi connectivity index (χ4v) is 3.54. The maximum absolute atomic E-state index is 14.4. The summed E-state index contributed by atoms with van der Waals surface area (Å²) in [7, 11) is 0. The minimum atomic E-state index is -4.42. The van der Waals surface area contributed by atoms with Gasteiger partial charge in [-0.2, -0.15) is 13.2 Å². The summed E-state index contributed by atoms with van der Waals surface area (Å²) in [5.41, 5.74) is -1.60. The van der Waals surface area contributed by atoms with Crippen LogP contribution in [-0.4, -0.2) is 71.9 Å². The molecule has 1 N–H and O–H groups in total. The van der Waals surface area contributed by atoms with Crippen LogP contribution in [0, 0.1) is 0 Å². The molecule has 2 aliphatic heterocycles. The van der Waals surface area contributed by atoms with Crippen LogP contribution in [0.15, 0.2) is 43.0 Å². The monoisotopic (exact) mass is 385 g/mol. The topological polar surface area (TPSA) is 35.6 Å². The smallest absolute Gasteiger partial charge is 0.334 e. The Labute approximate surface area is 155 Å². The predicted octanol–water partition coefficient (Wildman–Crippen LogP) is 2.63. The molecule has 1 amide bonds. The first-order chi connectivity index (χ1) is 12.7. The number of nitrogens with one attached hydrogen (secondary N) is 1. The van der Waals surface area contributed by atoms with Crippen LogP contribution in [0.4, 0.5) is 17.6 Å². The van der Waals surface area contributed by atoms with E-state index in [2.05, 4.69) is 11.9 Å². The Morgan fingerprint density at radius 3 is 2.37 bits per heavy atom. The lowest BCUT2D eigenvalue weighted by atomic mass is 9.92. The Morgan fingerprint density at radius 2 is 1.81 bits per heavy atom. The van der Waals surface area contributed by atoms with Crippen molar-refractivity contribution in [3.05, 3.63) is 48.6 Å². The van der Waals surface area contributed by atoms with Crippen LogP contribution in [-0.2, 0) is 0 Å². The highest BCUT2D eigenvalue weighted by atomic mass is 19.4. The van der Waals surface area contributed by atoms with E-state index in [9.17, 15) is 22.4 Å². The second kappa shape index (κ2) is 7.24. The molecule has 4 nitrogen and oxygen atoms in total. The molecule has 1 aromatic rings. The van der Waals surface area contributed by atoms with Gasteiger partial charge in [0.2, 0.25) is 0 Å². The van der Waals surface area contributed by atoms with E-state index in [4.69, 9.17) is 0 Å². The Kier molecular flexibility index (Phi) is 5.31. The van der Waals surface area contributed by atoms with Crippen molar-refractivity contribution < 1.29 is 22.4 Å². The normalized spacial score (nSPS) is 26.5. The van der Waals surface area contributed by atoms with Crippen LogP contribution in [0.25, 0.3) is 0 Å². The van der Waals surface area contributed by atoms with Crippen molar-refractivity contribution in [1.82, 2.24) is 15.1 Å². The number of carbonyl (C=O) groups excluding carboxylic acids is 1. The molecule has 2 saturated heterocycles. The first kappa shape index (κ1) is 19.8. The van der Waals surface area contributed by atoms with Crippen LogP contribution in [0.3, 0.4) is 0 Å². The first-order valence-electron chi connectivity index (χ1n) is 8.85. The van der Waals surface area contributed by atoms with Crippen molar-refractivity contribution in [1.29, 1.82) is 0 Å². The number of halogens is 4. The van der Waals surface area contributed by atoms with Gasteiger partial charge in [0.15, 0.2) is 0 Å². The third kappa shape index (κ3) is 3.73. The van der Waals surface area contributed by atoms with Crippen molar-refractivity contribution in [2.45, 2.75) is 36.9 Å². The van der Waals surface area contributed by atoms with Gasteiger partial charge < -0.3 is 10.2 Å². The molecular formula is C19H23F4N3O. The molecular weight excluding hydrogens is 362 g/mol. The second-order valence-electron chi connectivity index (χ2n) is 7.32. The van der Waals surface area contributed by atoms with E-state index < -0.39 is 23.9 Å². The predicted molar refractivity (Wildman–Crippen MR) is 94.2 cm³/mol. The molecule has 0 saturated carbocycles. The fraction of sp³-hybridized carbons (Fsp3) is 0.526. The largest absolute Gasteiger partial charge is 0.410 e. The molecule has 2 heterocycles. The summed E-state index contributed by atoms with van der Waals surface area (Å²) in [5.74, 6) is -0.242. The average molecular weight is 385 g/mol. The standard InChI is InChI=1S/C19H23F4N3O/c1-3-18(2,19(21,22)23)26-9-14(10-26)24-16-12-25(11-15(16)20)17(27)13-7-5-4-6-8-13/h3-8,14-16,24H,1,9-12H2,2H3. The van der Waals surface area contributed by atoms with Crippen LogP contribution >= 0.6 is 0 Å². The zero-order valence-corrected chi connectivity index (χ0v) is 15.0. The molecule has 0 spiro atoms. The molecule has 3 rings (SSSR count). The molecule has 8 heteroatoms. The Bertz CT molecular complexity index is 690. The molecule has 2 fully saturated rings. The van der Waals surface area contributed by atoms with Gasteiger partial charge in [0.25, 0.3) is 5.91 Å². The molecule has 3 unspecified atom stereocenters. The lowest BCUT2D eigenvalue weighted by molar-refractivity contribution is -0.222. The molecule has 0 aromatic heterocycles. The number of carbonyl (C=O) groups is 1. The summed E-state index contributed by atoms with van der Waals surface area (Å²) in [6.07, 6.45) is -4.77. The van der Waals surface area contributed by atoms with Gasteiger partial charge in [-0.25, -0.2) is 4.39 Å². The minimum Gasteiger partial charge on any atom is -0.334 e. The lowest BCUT2D eigenvalue weighted by Gasteiger charge is -2.50. The van der Waals surface area contributed by atoms with E-state index in [1.165, 1.54) is 9.80 Å². The van der Waals surface area contributed by atoms with E-state index in [0.29, 0.717) is 5.56 Å². The van der Waals surface area contributed by atoms with E-state index in [-0.39, 0.29) is 38.1 Å². The number of likely N-dealkylation sites (tertiary alicyclic amines) is 2. The highest BCUT2D eigenvalue weighted by molar-refractivity contribution is 5.94. The van der Waals surface area contributed by atoms with Gasteiger partial charge in [-0.3, -0.25) is 9.69 Å². The zero-order valence-electron chi connectivity index (χ0n) is 15.0. The molecule has 27 heavy (non-hydrogen) atoms. The molecule has 148 valence electrons. The molecule has 0 radical (unpaired) electrons. The second-order valence-corrected chi connectivity index (χ2v) is 7.32. The van der Waals surface area contributed by atoms with E-state index in [0.717, 1.165) is 13.0 Å². The fourth-order valence-electron chi connectivity index (χ4n) is 3.54. The van der Waals surface area contributed by atoms with Crippen LogP contribution in [0.2, 0.25) is 0 Å². The van der Waals surface area contributed by atoms with Crippen molar-refractivity contribution in [3.8, 4) is 0 Å². The Hall–Kier alpha value is -1.93. The van der Waals surface area contributed by atoms with E-state index >= 15 is 0 Å². The third-order valence-corrected chi connectivity index (χ3v) is 5.52. The number of alkyl halides is 4. The van der Waals surface area contributed by atoms with Crippen LogP contribution in [0.1, 0.15) is 17.3 Å². The van der Waals surface area contributed by atoms with Gasteiger partial charge in [-0.05, 0) is 19.1 Å². The maximum Gasteiger partial charge on any atom is 0.410 e. The maximum atomic E-state index is 14.4. The first-order valence-corrected chi connectivity index (χ1v) is 8.85. The summed E-state index contributed by atoms with van der Waals surface area (Å²) in [6.45, 7) is 4.88. The number of hydrogen-bond donors (Lipinski definition) is 1. The number of amides is 1. The van der Waals surface area contributed by atoms with Gasteiger partial charge in [0.05, 0.1) is 12.6 Å². The molecule has 3 atom stereocenters. The highest BCUT2D eigenvalue weighted by Gasteiger charge is 2.56. The quantitative estimate of drug-likeness (QED) is 0.625. The molecule has 1 aromatic carbocycles. The number of hydrogen-bond acceptors (Lipinski definition) is 3. The van der Waals surface area contributed by atoms with Crippen molar-refractivity contribution in [2.24, 2.45) is 0 Å². The highest BCUT2D eigenvalue weighted by Crippen LogP contribution is 2.39. The lowest BCUT2D eigenvalue weighted by Crippen LogP contribution is -2.70. The Balaban J connectivity index is 1.54. The summed E-state index contributed by atoms with van der Waals surface area (Å²) < 4.78 is 54.1. The summed E-state index contributed by atoms with van der Waals surface area (Å²) in [4.78, 5) is 15.1. The van der Waals surface area contributed by atoms with Crippen molar-refractivity contribution in [3.63, 3.8) is 0 Å². The Morgan fingerprint density at radius 1 is 1.19 bits per heavy atom. The van der Waals surface area contributed by atoms with Gasteiger partial charge in [0, 0.05) is 31.2 Å². The van der Waals surface area contributed by atoms with Gasteiger partial charge in [-0.15, -0.1) is 6.58 Å². The van der Waals surface area contributed by atoms with Crippen molar-refractivity contribution >= 4 is 5.91 Å². The van der Waals surface area contributed by atoms with Crippen LogP contribution in [0.5, 0.6) is 0 Å². The average Bonchev–Trinajstić information content (AvgIpc) is 2.96. The summed E-state index contributed by atoms with van der Waals surface area (Å²) in [6, 6.07) is 7.80. The number of nitrogens with zero attached hydrogens (tertiary/aromatic N) is 2. The minimum absolute atomic E-state index is 0.0191. The number of benzene rings is 1.